The highest BCUT2D eigenvalue weighted by Crippen LogP contribution is 2.37. The number of anilines is 1. The molecule has 0 saturated heterocycles. The first kappa shape index (κ1) is 22.9. The number of hydrogen-bond donors (Lipinski definition) is 3. The Hall–Kier alpha value is -4.23. The number of aromatic nitrogens is 5. The number of aromatic amines is 2. The minimum absolute atomic E-state index is 0.555. The first-order chi connectivity index (χ1) is 18.6. The lowest BCUT2D eigenvalue weighted by molar-refractivity contribution is 0.649. The first-order valence-electron chi connectivity index (χ1n) is 13.1. The highest BCUT2D eigenvalue weighted by Gasteiger charge is 2.19. The van der Waals surface area contributed by atoms with Gasteiger partial charge < -0.3 is 10.3 Å². The van der Waals surface area contributed by atoms with Crippen molar-refractivity contribution in [3.05, 3.63) is 84.4 Å². The molecule has 0 atom stereocenters. The zero-order chi connectivity index (χ0) is 25.6. The summed E-state index contributed by atoms with van der Waals surface area (Å²) >= 11 is 1.78. The number of allylic oxidation sites excluding steroid dienone is 1. The van der Waals surface area contributed by atoms with Gasteiger partial charge in [-0.05, 0) is 67.6 Å². The van der Waals surface area contributed by atoms with E-state index in [2.05, 4.69) is 86.4 Å². The molecule has 1 fully saturated rings. The largest absolute Gasteiger partial charge is 0.358 e. The summed E-state index contributed by atoms with van der Waals surface area (Å²) in [5.74, 6) is 0.555. The minimum Gasteiger partial charge on any atom is -0.358 e. The second-order valence-electron chi connectivity index (χ2n) is 10.2. The topological polar surface area (TPSA) is 82.3 Å². The number of aryl methyl sites for hydroxylation is 1. The van der Waals surface area contributed by atoms with Crippen LogP contribution in [0.25, 0.3) is 54.8 Å². The van der Waals surface area contributed by atoms with Gasteiger partial charge in [0.1, 0.15) is 5.69 Å². The Kier molecular flexibility index (Phi) is 5.59. The van der Waals surface area contributed by atoms with Gasteiger partial charge in [0.15, 0.2) is 0 Å². The standard InChI is InChI=1S/C31H28N6S/c1-18-7-10-30(38-18)26-16-33-17-29-24(26)13-28(35-29)31-25-12-21(8-9-27(25)36-37-31)22-11-23(15-32-14-22)34-19(2)20-5-3-4-6-20/h7-17,20,34-35H,2-6H2,1H3,(H,36,37). The van der Waals surface area contributed by atoms with E-state index in [-0.39, 0.29) is 0 Å². The van der Waals surface area contributed by atoms with Crippen molar-refractivity contribution >= 4 is 38.8 Å². The number of nitrogens with zero attached hydrogens (tertiary/aromatic N) is 3. The van der Waals surface area contributed by atoms with Crippen molar-refractivity contribution in [1.82, 2.24) is 25.1 Å². The summed E-state index contributed by atoms with van der Waals surface area (Å²) in [5, 5.41) is 13.6. The molecule has 0 spiro atoms. The van der Waals surface area contributed by atoms with E-state index in [1.165, 1.54) is 35.4 Å². The van der Waals surface area contributed by atoms with Gasteiger partial charge in [0, 0.05) is 49.7 Å². The van der Waals surface area contributed by atoms with E-state index in [9.17, 15) is 0 Å². The second kappa shape index (κ2) is 9.26. The van der Waals surface area contributed by atoms with Gasteiger partial charge in [-0.2, -0.15) is 5.10 Å². The van der Waals surface area contributed by atoms with Gasteiger partial charge in [0.05, 0.1) is 34.8 Å². The van der Waals surface area contributed by atoms with Crippen molar-refractivity contribution in [2.75, 3.05) is 5.32 Å². The van der Waals surface area contributed by atoms with E-state index in [0.717, 1.165) is 61.3 Å². The molecule has 7 heteroatoms. The second-order valence-corrected chi connectivity index (χ2v) is 11.5. The van der Waals surface area contributed by atoms with Crippen molar-refractivity contribution in [3.63, 3.8) is 0 Å². The van der Waals surface area contributed by atoms with Crippen LogP contribution in [0.15, 0.2) is 79.5 Å². The number of nitrogens with one attached hydrogen (secondary N) is 3. The van der Waals surface area contributed by atoms with Gasteiger partial charge in [-0.15, -0.1) is 11.3 Å². The Balaban J connectivity index is 1.24. The predicted molar refractivity (Wildman–Crippen MR) is 157 cm³/mol. The Morgan fingerprint density at radius 2 is 1.79 bits per heavy atom. The third-order valence-electron chi connectivity index (χ3n) is 7.59. The highest BCUT2D eigenvalue weighted by atomic mass is 32.1. The molecule has 0 aliphatic heterocycles. The molecule has 0 amide bonds. The zero-order valence-corrected chi connectivity index (χ0v) is 22.0. The van der Waals surface area contributed by atoms with Crippen molar-refractivity contribution in [1.29, 1.82) is 0 Å². The first-order valence-corrected chi connectivity index (χ1v) is 13.9. The molecule has 7 rings (SSSR count). The highest BCUT2D eigenvalue weighted by molar-refractivity contribution is 7.15. The maximum atomic E-state index is 4.69. The number of benzene rings is 1. The van der Waals surface area contributed by atoms with Crippen LogP contribution in [-0.2, 0) is 0 Å². The number of pyridine rings is 2. The monoisotopic (exact) mass is 516 g/mol. The summed E-state index contributed by atoms with van der Waals surface area (Å²) in [6.07, 6.45) is 12.6. The molecule has 1 aliphatic carbocycles. The van der Waals surface area contributed by atoms with Crippen LogP contribution in [0, 0.1) is 12.8 Å². The predicted octanol–water partition coefficient (Wildman–Crippen LogP) is 8.32. The Bertz CT molecular complexity index is 1800. The molecule has 6 nitrogen and oxygen atoms in total. The zero-order valence-electron chi connectivity index (χ0n) is 21.2. The summed E-state index contributed by atoms with van der Waals surface area (Å²) in [4.78, 5) is 15.1. The average molecular weight is 517 g/mol. The lowest BCUT2D eigenvalue weighted by Gasteiger charge is -2.16. The Morgan fingerprint density at radius 3 is 2.63 bits per heavy atom. The molecule has 0 radical (unpaired) electrons. The summed E-state index contributed by atoms with van der Waals surface area (Å²) in [6.45, 7) is 6.43. The number of thiophene rings is 1. The van der Waals surface area contributed by atoms with E-state index >= 15 is 0 Å². The lowest BCUT2D eigenvalue weighted by atomic mass is 10.0. The molecular formula is C31H28N6S. The fraction of sp³-hybridized carbons (Fsp3) is 0.194. The molecule has 0 unspecified atom stereocenters. The number of hydrogen-bond acceptors (Lipinski definition) is 5. The van der Waals surface area contributed by atoms with Crippen molar-refractivity contribution in [3.8, 4) is 33.0 Å². The Labute approximate surface area is 224 Å². The average Bonchev–Trinajstić information content (AvgIpc) is 3.74. The van der Waals surface area contributed by atoms with E-state index in [1.54, 1.807) is 11.3 Å². The third kappa shape index (κ3) is 4.09. The van der Waals surface area contributed by atoms with E-state index in [4.69, 9.17) is 0 Å². The molecule has 6 aromatic rings. The lowest BCUT2D eigenvalue weighted by Crippen LogP contribution is -2.07. The molecule has 188 valence electrons. The minimum atomic E-state index is 0.555. The fourth-order valence-corrected chi connectivity index (χ4v) is 6.47. The molecule has 5 aromatic heterocycles. The summed E-state index contributed by atoms with van der Waals surface area (Å²) < 4.78 is 0. The Morgan fingerprint density at radius 1 is 0.921 bits per heavy atom. The molecule has 1 aliphatic rings. The van der Waals surface area contributed by atoms with Gasteiger partial charge in [0.2, 0.25) is 0 Å². The van der Waals surface area contributed by atoms with Crippen LogP contribution in [-0.4, -0.2) is 25.1 Å². The summed E-state index contributed by atoms with van der Waals surface area (Å²) in [6, 6.07) is 15.0. The molecule has 38 heavy (non-hydrogen) atoms. The molecule has 5 heterocycles. The van der Waals surface area contributed by atoms with Crippen LogP contribution in [0.2, 0.25) is 0 Å². The van der Waals surface area contributed by atoms with E-state index < -0.39 is 0 Å². The van der Waals surface area contributed by atoms with Crippen LogP contribution >= 0.6 is 11.3 Å². The summed E-state index contributed by atoms with van der Waals surface area (Å²) in [5.41, 5.74) is 9.21. The molecular weight excluding hydrogens is 488 g/mol. The normalized spacial score (nSPS) is 14.0. The smallest absolute Gasteiger partial charge is 0.116 e. The van der Waals surface area contributed by atoms with Crippen LogP contribution < -0.4 is 5.32 Å². The maximum absolute atomic E-state index is 4.69. The number of fused-ring (bicyclic) bond motifs is 2. The van der Waals surface area contributed by atoms with Crippen LogP contribution in [0.4, 0.5) is 5.69 Å². The van der Waals surface area contributed by atoms with Crippen molar-refractivity contribution in [2.45, 2.75) is 32.6 Å². The van der Waals surface area contributed by atoms with Gasteiger partial charge >= 0.3 is 0 Å². The van der Waals surface area contributed by atoms with Gasteiger partial charge in [-0.25, -0.2) is 0 Å². The summed E-state index contributed by atoms with van der Waals surface area (Å²) in [7, 11) is 0. The van der Waals surface area contributed by atoms with Crippen molar-refractivity contribution in [2.24, 2.45) is 5.92 Å². The fourth-order valence-electron chi connectivity index (χ4n) is 5.58. The number of H-pyrrole nitrogens is 2. The van der Waals surface area contributed by atoms with Crippen molar-refractivity contribution < 1.29 is 0 Å². The van der Waals surface area contributed by atoms with Crippen LogP contribution in [0.1, 0.15) is 30.6 Å². The van der Waals surface area contributed by atoms with Gasteiger partial charge in [-0.1, -0.05) is 25.5 Å². The number of rotatable bonds is 6. The maximum Gasteiger partial charge on any atom is 0.116 e. The quantitative estimate of drug-likeness (QED) is 0.208. The van der Waals surface area contributed by atoms with Gasteiger partial charge in [-0.3, -0.25) is 15.1 Å². The molecule has 1 saturated carbocycles. The van der Waals surface area contributed by atoms with E-state index in [1.807, 2.05) is 24.8 Å². The SMILES string of the molecule is C=C(Nc1cncc(-c2ccc3[nH]nc(-c4cc5c(-c6ccc(C)s6)cncc5[nH]4)c3c2)c1)C1CCCC1. The van der Waals surface area contributed by atoms with Gasteiger partial charge in [0.25, 0.3) is 0 Å². The molecule has 0 bridgehead atoms. The van der Waals surface area contributed by atoms with E-state index in [0.29, 0.717) is 5.92 Å². The third-order valence-corrected chi connectivity index (χ3v) is 8.63. The molecule has 1 aromatic carbocycles. The van der Waals surface area contributed by atoms with Crippen LogP contribution in [0.5, 0.6) is 0 Å². The molecule has 3 N–H and O–H groups in total. The van der Waals surface area contributed by atoms with Crippen LogP contribution in [0.3, 0.4) is 0 Å².